The number of rotatable bonds is 6. The molecule has 2 heterocycles. The van der Waals surface area contributed by atoms with Crippen LogP contribution in [0.25, 0.3) is 0 Å². The summed E-state index contributed by atoms with van der Waals surface area (Å²) in [6.45, 7) is 3.92. The second kappa shape index (κ2) is 7.32. The third-order valence-corrected chi connectivity index (χ3v) is 6.17. The van der Waals surface area contributed by atoms with Gasteiger partial charge in [0.15, 0.2) is 0 Å². The minimum Gasteiger partial charge on any atom is -0.298 e. The Balaban J connectivity index is 1.64. The third kappa shape index (κ3) is 4.55. The van der Waals surface area contributed by atoms with E-state index in [0.29, 0.717) is 18.6 Å². The number of likely N-dealkylation sites (tertiary alicyclic amines) is 2. The highest BCUT2D eigenvalue weighted by Crippen LogP contribution is 2.30. The van der Waals surface area contributed by atoms with E-state index in [4.69, 9.17) is 0 Å². The molecule has 3 rings (SSSR count). The number of nitrogens with zero attached hydrogens (tertiary/aromatic N) is 2. The van der Waals surface area contributed by atoms with Gasteiger partial charge in [0, 0.05) is 31.4 Å². The first-order chi connectivity index (χ1) is 11.0. The number of hydrogen-bond donors (Lipinski definition) is 0. The van der Waals surface area contributed by atoms with Gasteiger partial charge in [-0.05, 0) is 44.3 Å². The average Bonchev–Trinajstić information content (AvgIpc) is 3.13. The second-order valence-electron chi connectivity index (χ2n) is 7.04. The Hall–Kier alpha value is -0.910. The highest BCUT2D eigenvalue weighted by atomic mass is 32.2. The fourth-order valence-corrected chi connectivity index (χ4v) is 4.72. The molecule has 5 heteroatoms. The molecule has 0 aromatic heterocycles. The number of hydrogen-bond acceptors (Lipinski definition) is 4. The summed E-state index contributed by atoms with van der Waals surface area (Å²) >= 11 is 0. The molecule has 128 valence electrons. The van der Waals surface area contributed by atoms with Crippen LogP contribution in [0.4, 0.5) is 0 Å². The molecular formula is C18H28N2O2S. The van der Waals surface area contributed by atoms with E-state index in [1.807, 2.05) is 0 Å². The van der Waals surface area contributed by atoms with Crippen molar-refractivity contribution in [3.8, 4) is 0 Å². The van der Waals surface area contributed by atoms with Crippen LogP contribution in [0.1, 0.15) is 31.2 Å². The second-order valence-corrected chi connectivity index (χ2v) is 9.30. The maximum atomic E-state index is 11.5. The topological polar surface area (TPSA) is 40.6 Å². The van der Waals surface area contributed by atoms with Gasteiger partial charge in [-0.2, -0.15) is 0 Å². The molecule has 2 saturated heterocycles. The van der Waals surface area contributed by atoms with Crippen LogP contribution in [0.2, 0.25) is 0 Å². The van der Waals surface area contributed by atoms with Crippen molar-refractivity contribution in [3.63, 3.8) is 0 Å². The van der Waals surface area contributed by atoms with Crippen LogP contribution in [-0.2, 0) is 16.4 Å². The molecule has 1 aromatic rings. The first-order valence-electron chi connectivity index (χ1n) is 8.73. The highest BCUT2D eigenvalue weighted by molar-refractivity contribution is 7.90. The summed E-state index contributed by atoms with van der Waals surface area (Å²) in [7, 11) is -2.88. The summed E-state index contributed by atoms with van der Waals surface area (Å²) in [4.78, 5) is 5.04. The molecule has 2 aliphatic rings. The normalized spacial score (nSPS) is 26.8. The largest absolute Gasteiger partial charge is 0.298 e. The van der Waals surface area contributed by atoms with Gasteiger partial charge >= 0.3 is 0 Å². The van der Waals surface area contributed by atoms with Crippen LogP contribution in [0.5, 0.6) is 0 Å². The molecule has 2 aliphatic heterocycles. The molecule has 0 N–H and O–H groups in total. The van der Waals surface area contributed by atoms with E-state index < -0.39 is 9.84 Å². The van der Waals surface area contributed by atoms with E-state index in [-0.39, 0.29) is 5.75 Å². The maximum Gasteiger partial charge on any atom is 0.148 e. The number of benzene rings is 1. The predicted octanol–water partition coefficient (Wildman–Crippen LogP) is 2.16. The van der Waals surface area contributed by atoms with E-state index in [9.17, 15) is 8.42 Å². The molecule has 0 aliphatic carbocycles. The van der Waals surface area contributed by atoms with E-state index in [1.54, 1.807) is 0 Å². The van der Waals surface area contributed by atoms with Crippen LogP contribution in [0, 0.1) is 0 Å². The Kier molecular flexibility index (Phi) is 5.39. The van der Waals surface area contributed by atoms with Gasteiger partial charge in [-0.3, -0.25) is 9.80 Å². The molecular weight excluding hydrogens is 308 g/mol. The summed E-state index contributed by atoms with van der Waals surface area (Å²) < 4.78 is 23.0. The van der Waals surface area contributed by atoms with Crippen LogP contribution in [-0.4, -0.2) is 61.9 Å². The quantitative estimate of drug-likeness (QED) is 0.798. The smallest absolute Gasteiger partial charge is 0.148 e. The van der Waals surface area contributed by atoms with Crippen LogP contribution in [0.3, 0.4) is 0 Å². The van der Waals surface area contributed by atoms with Crippen molar-refractivity contribution in [1.29, 1.82) is 0 Å². The first-order valence-corrected chi connectivity index (χ1v) is 10.8. The Morgan fingerprint density at radius 2 is 1.61 bits per heavy atom. The molecule has 0 amide bonds. The lowest BCUT2D eigenvalue weighted by atomic mass is 10.0. The minimum atomic E-state index is -2.88. The molecule has 0 saturated carbocycles. The van der Waals surface area contributed by atoms with Gasteiger partial charge < -0.3 is 0 Å². The summed E-state index contributed by atoms with van der Waals surface area (Å²) in [5.74, 6) is 0.287. The summed E-state index contributed by atoms with van der Waals surface area (Å²) in [6.07, 6.45) is 6.25. The standard InChI is InChI=1S/C18H28N2O2S/c1-23(21,22)14-13-19-11-5-9-17(19)18-10-6-12-20(18)15-16-7-3-2-4-8-16/h2-4,7-8,17-18H,5-6,9-15H2,1H3/t17-,18-/m0/s1. The van der Waals surface area contributed by atoms with E-state index in [1.165, 1.54) is 37.5 Å². The zero-order valence-corrected chi connectivity index (χ0v) is 14.8. The molecule has 0 radical (unpaired) electrons. The predicted molar refractivity (Wildman–Crippen MR) is 94.2 cm³/mol. The molecule has 1 aromatic carbocycles. The molecule has 0 spiro atoms. The summed E-state index contributed by atoms with van der Waals surface area (Å²) in [6, 6.07) is 11.8. The Morgan fingerprint density at radius 3 is 2.26 bits per heavy atom. The van der Waals surface area contributed by atoms with Gasteiger partial charge in [0.1, 0.15) is 9.84 Å². The van der Waals surface area contributed by atoms with Crippen LogP contribution < -0.4 is 0 Å². The molecule has 0 unspecified atom stereocenters. The fraction of sp³-hybridized carbons (Fsp3) is 0.667. The lowest BCUT2D eigenvalue weighted by Gasteiger charge is -2.35. The van der Waals surface area contributed by atoms with Crippen molar-refractivity contribution in [2.24, 2.45) is 0 Å². The van der Waals surface area contributed by atoms with Gasteiger partial charge in [0.25, 0.3) is 0 Å². The molecule has 2 atom stereocenters. The minimum absolute atomic E-state index is 0.287. The fourth-order valence-electron chi connectivity index (χ4n) is 4.15. The van der Waals surface area contributed by atoms with Crippen molar-refractivity contribution >= 4 is 9.84 Å². The van der Waals surface area contributed by atoms with E-state index >= 15 is 0 Å². The zero-order chi connectivity index (χ0) is 16.3. The van der Waals surface area contributed by atoms with Gasteiger partial charge in [0.05, 0.1) is 5.75 Å². The van der Waals surface area contributed by atoms with Crippen LogP contribution in [0.15, 0.2) is 30.3 Å². The summed E-state index contributed by atoms with van der Waals surface area (Å²) in [5.41, 5.74) is 1.38. The van der Waals surface area contributed by atoms with Crippen molar-refractivity contribution in [2.45, 2.75) is 44.3 Å². The lowest BCUT2D eigenvalue weighted by Crippen LogP contribution is -2.47. The van der Waals surface area contributed by atoms with E-state index in [0.717, 1.165) is 19.6 Å². The van der Waals surface area contributed by atoms with Crippen LogP contribution >= 0.6 is 0 Å². The van der Waals surface area contributed by atoms with Crippen molar-refractivity contribution < 1.29 is 8.42 Å². The number of sulfone groups is 1. The molecule has 2 fully saturated rings. The SMILES string of the molecule is CS(=O)(=O)CCN1CCC[C@H]1[C@@H]1CCCN1Cc1ccccc1. The van der Waals surface area contributed by atoms with Crippen molar-refractivity contribution in [1.82, 2.24) is 9.80 Å². The molecule has 4 nitrogen and oxygen atoms in total. The van der Waals surface area contributed by atoms with Gasteiger partial charge in [0.2, 0.25) is 0 Å². The summed E-state index contributed by atoms with van der Waals surface area (Å²) in [5, 5.41) is 0. The molecule has 0 bridgehead atoms. The highest BCUT2D eigenvalue weighted by Gasteiger charge is 2.37. The zero-order valence-electron chi connectivity index (χ0n) is 14.0. The average molecular weight is 337 g/mol. The maximum absolute atomic E-state index is 11.5. The van der Waals surface area contributed by atoms with E-state index in [2.05, 4.69) is 40.1 Å². The molecule has 23 heavy (non-hydrogen) atoms. The van der Waals surface area contributed by atoms with Gasteiger partial charge in [-0.25, -0.2) is 8.42 Å². The van der Waals surface area contributed by atoms with Crippen molar-refractivity contribution in [2.75, 3.05) is 31.6 Å². The lowest BCUT2D eigenvalue weighted by molar-refractivity contribution is 0.133. The third-order valence-electron chi connectivity index (χ3n) is 5.25. The first kappa shape index (κ1) is 16.9. The van der Waals surface area contributed by atoms with Gasteiger partial charge in [-0.15, -0.1) is 0 Å². The Labute approximate surface area is 140 Å². The Bertz CT molecular complexity index is 603. The Morgan fingerprint density at radius 1 is 1.00 bits per heavy atom. The monoisotopic (exact) mass is 336 g/mol. The van der Waals surface area contributed by atoms with Crippen molar-refractivity contribution in [3.05, 3.63) is 35.9 Å². The van der Waals surface area contributed by atoms with Gasteiger partial charge in [-0.1, -0.05) is 30.3 Å².